The molecule has 2 bridgehead atoms. The maximum atomic E-state index is 13.4. The third-order valence-electron chi connectivity index (χ3n) is 7.68. The zero-order chi connectivity index (χ0) is 22.5. The van der Waals surface area contributed by atoms with Crippen molar-refractivity contribution in [2.75, 3.05) is 21.3 Å². The minimum atomic E-state index is -0.920. The van der Waals surface area contributed by atoms with Gasteiger partial charge in [-0.15, -0.1) is 0 Å². The second kappa shape index (κ2) is 7.81. The van der Waals surface area contributed by atoms with Gasteiger partial charge < -0.3 is 14.8 Å². The van der Waals surface area contributed by atoms with Crippen molar-refractivity contribution in [3.63, 3.8) is 0 Å². The molecule has 1 spiro atoms. The standard InChI is InChI=1S/C25H29N3O4/c1-28-21(15-7-11-17(31-2)12-8-15)19-5-4-6-20(25(19)23(29)26-24(30)27-25)22(28)16-9-13-18(32-3)14-10-16/h7-14,19-22H,4-6H2,1-3H3,(H2,26,27,29,30). The minimum Gasteiger partial charge on any atom is -0.497 e. The third kappa shape index (κ3) is 2.98. The number of carbonyl (C=O) groups excluding carboxylic acids is 2. The number of hydrogen-bond donors (Lipinski definition) is 2. The zero-order valence-electron chi connectivity index (χ0n) is 18.6. The number of piperidine rings is 1. The first-order valence-corrected chi connectivity index (χ1v) is 11.1. The number of imide groups is 1. The van der Waals surface area contributed by atoms with Crippen molar-refractivity contribution < 1.29 is 19.1 Å². The lowest BCUT2D eigenvalue weighted by atomic mass is 9.56. The Morgan fingerprint density at radius 1 is 0.844 bits per heavy atom. The molecule has 32 heavy (non-hydrogen) atoms. The summed E-state index contributed by atoms with van der Waals surface area (Å²) in [5, 5.41) is 5.66. The molecule has 3 fully saturated rings. The van der Waals surface area contributed by atoms with Gasteiger partial charge >= 0.3 is 6.03 Å². The summed E-state index contributed by atoms with van der Waals surface area (Å²) in [6.07, 6.45) is 2.77. The first-order chi connectivity index (χ1) is 15.5. The maximum Gasteiger partial charge on any atom is 0.322 e. The number of rotatable bonds is 4. The summed E-state index contributed by atoms with van der Waals surface area (Å²) in [5.41, 5.74) is 1.31. The molecule has 2 N–H and O–H groups in total. The Morgan fingerprint density at radius 3 is 1.69 bits per heavy atom. The monoisotopic (exact) mass is 435 g/mol. The molecule has 2 aromatic carbocycles. The molecule has 1 aliphatic carbocycles. The van der Waals surface area contributed by atoms with Gasteiger partial charge in [-0.05, 0) is 55.3 Å². The number of hydrogen-bond acceptors (Lipinski definition) is 5. The van der Waals surface area contributed by atoms with Crippen LogP contribution < -0.4 is 20.1 Å². The molecule has 3 aliphatic rings. The van der Waals surface area contributed by atoms with Crippen LogP contribution in [0, 0.1) is 11.8 Å². The van der Waals surface area contributed by atoms with Crippen LogP contribution in [0.2, 0.25) is 0 Å². The van der Waals surface area contributed by atoms with E-state index in [1.54, 1.807) is 14.2 Å². The number of urea groups is 1. The summed E-state index contributed by atoms with van der Waals surface area (Å²) in [5.74, 6) is 1.34. The van der Waals surface area contributed by atoms with E-state index in [-0.39, 0.29) is 29.8 Å². The normalized spacial score (nSPS) is 31.8. The molecule has 4 atom stereocenters. The van der Waals surface area contributed by atoms with E-state index in [0.717, 1.165) is 41.9 Å². The molecule has 7 nitrogen and oxygen atoms in total. The molecule has 1 saturated carbocycles. The van der Waals surface area contributed by atoms with Gasteiger partial charge in [-0.2, -0.15) is 0 Å². The van der Waals surface area contributed by atoms with Gasteiger partial charge in [0.25, 0.3) is 5.91 Å². The van der Waals surface area contributed by atoms with Crippen molar-refractivity contribution in [3.05, 3.63) is 59.7 Å². The van der Waals surface area contributed by atoms with Crippen LogP contribution >= 0.6 is 0 Å². The van der Waals surface area contributed by atoms with Gasteiger partial charge in [-0.1, -0.05) is 30.7 Å². The highest BCUT2D eigenvalue weighted by molar-refractivity contribution is 6.07. The summed E-state index contributed by atoms with van der Waals surface area (Å²) in [7, 11) is 5.44. The van der Waals surface area contributed by atoms with Crippen LogP contribution in [-0.4, -0.2) is 43.6 Å². The summed E-state index contributed by atoms with van der Waals surface area (Å²) in [6, 6.07) is 15.7. The van der Waals surface area contributed by atoms with E-state index in [0.29, 0.717) is 0 Å². The third-order valence-corrected chi connectivity index (χ3v) is 7.68. The Balaban J connectivity index is 1.66. The molecule has 2 aliphatic heterocycles. The number of nitrogens with zero attached hydrogens (tertiary/aromatic N) is 1. The molecule has 0 aromatic heterocycles. The van der Waals surface area contributed by atoms with Crippen molar-refractivity contribution in [2.24, 2.45) is 11.8 Å². The molecule has 168 valence electrons. The minimum absolute atomic E-state index is 0.0272. The molecule has 3 amide bonds. The molecule has 2 aromatic rings. The zero-order valence-corrected chi connectivity index (χ0v) is 18.6. The second-order valence-electron chi connectivity index (χ2n) is 9.02. The van der Waals surface area contributed by atoms with Crippen LogP contribution in [0.5, 0.6) is 11.5 Å². The van der Waals surface area contributed by atoms with E-state index in [1.165, 1.54) is 0 Å². The molecule has 4 unspecified atom stereocenters. The Labute approximate surface area is 188 Å². The van der Waals surface area contributed by atoms with E-state index in [2.05, 4.69) is 46.8 Å². The van der Waals surface area contributed by atoms with E-state index < -0.39 is 11.6 Å². The van der Waals surface area contributed by atoms with Crippen molar-refractivity contribution in [1.29, 1.82) is 0 Å². The first-order valence-electron chi connectivity index (χ1n) is 11.1. The molecule has 7 heteroatoms. The van der Waals surface area contributed by atoms with Crippen molar-refractivity contribution in [3.8, 4) is 11.5 Å². The molecule has 2 heterocycles. The van der Waals surface area contributed by atoms with Crippen molar-refractivity contribution in [1.82, 2.24) is 15.5 Å². The van der Waals surface area contributed by atoms with Gasteiger partial charge in [0, 0.05) is 23.9 Å². The lowest BCUT2D eigenvalue weighted by Crippen LogP contribution is -2.69. The fourth-order valence-electron chi connectivity index (χ4n) is 6.38. The highest BCUT2D eigenvalue weighted by atomic mass is 16.5. The van der Waals surface area contributed by atoms with Gasteiger partial charge in [0.05, 0.1) is 14.2 Å². The molecule has 2 saturated heterocycles. The number of methoxy groups -OCH3 is 2. The lowest BCUT2D eigenvalue weighted by molar-refractivity contribution is -0.144. The Hall–Kier alpha value is -3.06. The number of ether oxygens (including phenoxy) is 2. The number of likely N-dealkylation sites (tertiary alicyclic amines) is 1. The number of amides is 3. The molecule has 5 rings (SSSR count). The molecular weight excluding hydrogens is 406 g/mol. The average Bonchev–Trinajstić information content (AvgIpc) is 3.09. The largest absolute Gasteiger partial charge is 0.497 e. The quantitative estimate of drug-likeness (QED) is 0.720. The number of carbonyl (C=O) groups is 2. The predicted molar refractivity (Wildman–Crippen MR) is 119 cm³/mol. The average molecular weight is 436 g/mol. The first kappa shape index (κ1) is 20.8. The summed E-state index contributed by atoms with van der Waals surface area (Å²) in [6.45, 7) is 0. The maximum absolute atomic E-state index is 13.4. The summed E-state index contributed by atoms with van der Waals surface area (Å²) in [4.78, 5) is 28.2. The highest BCUT2D eigenvalue weighted by Gasteiger charge is 2.66. The van der Waals surface area contributed by atoms with E-state index in [1.807, 2.05) is 24.3 Å². The van der Waals surface area contributed by atoms with Crippen LogP contribution in [0.15, 0.2) is 48.5 Å². The van der Waals surface area contributed by atoms with Gasteiger partial charge in [0.2, 0.25) is 0 Å². The summed E-state index contributed by atoms with van der Waals surface area (Å²) >= 11 is 0. The van der Waals surface area contributed by atoms with Crippen LogP contribution in [0.4, 0.5) is 4.79 Å². The second-order valence-corrected chi connectivity index (χ2v) is 9.02. The SMILES string of the molecule is COc1ccc(C2C3CCCC(C(c4ccc(OC)cc4)N2C)C32NC(=O)NC2=O)cc1. The predicted octanol–water partition coefficient (Wildman–Crippen LogP) is 3.43. The van der Waals surface area contributed by atoms with Crippen LogP contribution in [0.1, 0.15) is 42.5 Å². The Morgan fingerprint density at radius 2 is 1.31 bits per heavy atom. The van der Waals surface area contributed by atoms with Gasteiger partial charge in [-0.25, -0.2) is 4.79 Å². The van der Waals surface area contributed by atoms with Gasteiger partial charge in [0.15, 0.2) is 0 Å². The summed E-state index contributed by atoms with van der Waals surface area (Å²) < 4.78 is 10.7. The van der Waals surface area contributed by atoms with E-state index >= 15 is 0 Å². The van der Waals surface area contributed by atoms with Crippen LogP contribution in [0.25, 0.3) is 0 Å². The van der Waals surface area contributed by atoms with E-state index in [4.69, 9.17) is 9.47 Å². The molecule has 0 radical (unpaired) electrons. The van der Waals surface area contributed by atoms with Gasteiger partial charge in [0.1, 0.15) is 17.0 Å². The topological polar surface area (TPSA) is 79.9 Å². The van der Waals surface area contributed by atoms with Crippen LogP contribution in [-0.2, 0) is 4.79 Å². The molecular formula is C25H29N3O4. The Bertz CT molecular complexity index is 957. The van der Waals surface area contributed by atoms with Crippen molar-refractivity contribution >= 4 is 11.9 Å². The van der Waals surface area contributed by atoms with Crippen molar-refractivity contribution in [2.45, 2.75) is 36.9 Å². The number of benzene rings is 2. The fourth-order valence-corrected chi connectivity index (χ4v) is 6.38. The Kier molecular flexibility index (Phi) is 5.08. The highest BCUT2D eigenvalue weighted by Crippen LogP contribution is 2.58. The van der Waals surface area contributed by atoms with Gasteiger partial charge in [-0.3, -0.25) is 15.0 Å². The van der Waals surface area contributed by atoms with Crippen LogP contribution in [0.3, 0.4) is 0 Å². The van der Waals surface area contributed by atoms with E-state index in [9.17, 15) is 9.59 Å². The smallest absolute Gasteiger partial charge is 0.322 e. The fraction of sp³-hybridized carbons (Fsp3) is 0.440. The lowest BCUT2D eigenvalue weighted by Gasteiger charge is -2.59. The number of nitrogens with one attached hydrogen (secondary N) is 2.